The van der Waals surface area contributed by atoms with Crippen LogP contribution < -0.4 is 4.90 Å². The molecule has 11 aromatic rings. The number of rotatable bonds is 6. The number of furan rings is 1. The van der Waals surface area contributed by atoms with Gasteiger partial charge in [0.25, 0.3) is 0 Å². The number of para-hydroxylation sites is 1. The molecule has 0 atom stereocenters. The quantitative estimate of drug-likeness (QED) is 0.167. The van der Waals surface area contributed by atoms with Gasteiger partial charge in [0.15, 0.2) is 0 Å². The third-order valence-corrected chi connectivity index (χ3v) is 13.1. The first kappa shape index (κ1) is 35.3. The van der Waals surface area contributed by atoms with Crippen LogP contribution in [0, 0.1) is 0 Å². The van der Waals surface area contributed by atoms with Crippen molar-refractivity contribution in [1.82, 2.24) is 0 Å². The molecule has 1 aliphatic rings. The van der Waals surface area contributed by atoms with Gasteiger partial charge in [0.2, 0.25) is 0 Å². The van der Waals surface area contributed by atoms with Gasteiger partial charge in [-0.1, -0.05) is 178 Å². The van der Waals surface area contributed by atoms with Crippen molar-refractivity contribution in [2.45, 2.75) is 19.3 Å². The molecule has 1 aliphatic carbocycles. The summed E-state index contributed by atoms with van der Waals surface area (Å²) in [5.41, 5.74) is 17.7. The standard InChI is InChI=1S/C59H41NO/c1-59(2)52-22-8-6-17-50(52)57-49-35-34-45(37-42(49)29-36-53(57)59)60(44-32-27-40(28-33-44)48-21-12-24-55-58(48)51-18-7-9-23-54(51)61-55)43-30-25-39(26-31-43)47-20-11-16-41-15-10-19-46(56(41)47)38-13-4-3-5-14-38/h3-37H,1-2H3. The molecule has 0 fully saturated rings. The number of anilines is 3. The summed E-state index contributed by atoms with van der Waals surface area (Å²) in [5, 5.41) is 7.30. The molecule has 12 rings (SSSR count). The summed E-state index contributed by atoms with van der Waals surface area (Å²) < 4.78 is 6.27. The molecule has 0 aliphatic heterocycles. The van der Waals surface area contributed by atoms with Crippen molar-refractivity contribution in [3.63, 3.8) is 0 Å². The van der Waals surface area contributed by atoms with Crippen LogP contribution in [0.25, 0.3) is 88.0 Å². The fraction of sp³-hybridized carbons (Fsp3) is 0.0508. The lowest BCUT2D eigenvalue weighted by molar-refractivity contribution is 0.661. The van der Waals surface area contributed by atoms with E-state index < -0.39 is 0 Å². The fourth-order valence-corrected chi connectivity index (χ4v) is 10.1. The van der Waals surface area contributed by atoms with E-state index in [9.17, 15) is 0 Å². The Bertz CT molecular complexity index is 3480. The highest BCUT2D eigenvalue weighted by molar-refractivity contribution is 6.12. The number of hydrogen-bond acceptors (Lipinski definition) is 2. The first-order valence-corrected chi connectivity index (χ1v) is 21.2. The Balaban J connectivity index is 0.999. The second kappa shape index (κ2) is 13.7. The van der Waals surface area contributed by atoms with Crippen LogP contribution in [0.4, 0.5) is 17.1 Å². The fourth-order valence-electron chi connectivity index (χ4n) is 10.1. The summed E-state index contributed by atoms with van der Waals surface area (Å²) in [7, 11) is 0. The minimum absolute atomic E-state index is 0.0483. The average Bonchev–Trinajstić information content (AvgIpc) is 3.81. The molecule has 61 heavy (non-hydrogen) atoms. The molecule has 1 aromatic heterocycles. The maximum absolute atomic E-state index is 6.27. The van der Waals surface area contributed by atoms with Crippen LogP contribution in [0.15, 0.2) is 217 Å². The Hall–Kier alpha value is -7.68. The molecule has 0 spiro atoms. The van der Waals surface area contributed by atoms with E-state index in [0.717, 1.165) is 50.1 Å². The van der Waals surface area contributed by atoms with E-state index in [1.165, 1.54) is 66.1 Å². The van der Waals surface area contributed by atoms with Crippen molar-refractivity contribution in [1.29, 1.82) is 0 Å². The van der Waals surface area contributed by atoms with Crippen LogP contribution in [0.3, 0.4) is 0 Å². The third kappa shape index (κ3) is 5.56. The zero-order valence-electron chi connectivity index (χ0n) is 34.1. The van der Waals surface area contributed by atoms with Gasteiger partial charge in [-0.3, -0.25) is 0 Å². The number of benzene rings is 10. The van der Waals surface area contributed by atoms with Crippen molar-refractivity contribution >= 4 is 60.5 Å². The Morgan fingerprint density at radius 2 is 0.918 bits per heavy atom. The summed E-state index contributed by atoms with van der Waals surface area (Å²) in [6.07, 6.45) is 0. The molecule has 0 saturated heterocycles. The zero-order valence-corrected chi connectivity index (χ0v) is 34.1. The predicted molar refractivity (Wildman–Crippen MR) is 257 cm³/mol. The average molecular weight is 780 g/mol. The van der Waals surface area contributed by atoms with Crippen LogP contribution >= 0.6 is 0 Å². The van der Waals surface area contributed by atoms with Gasteiger partial charge in [0, 0.05) is 33.2 Å². The molecule has 0 N–H and O–H groups in total. The van der Waals surface area contributed by atoms with Gasteiger partial charge in [-0.15, -0.1) is 0 Å². The molecule has 10 aromatic carbocycles. The van der Waals surface area contributed by atoms with Gasteiger partial charge >= 0.3 is 0 Å². The van der Waals surface area contributed by atoms with Gasteiger partial charge in [-0.25, -0.2) is 0 Å². The lowest BCUT2D eigenvalue weighted by Crippen LogP contribution is -2.14. The van der Waals surface area contributed by atoms with Gasteiger partial charge < -0.3 is 9.32 Å². The molecule has 1 heterocycles. The predicted octanol–water partition coefficient (Wildman–Crippen LogP) is 16.7. The highest BCUT2D eigenvalue weighted by Crippen LogP contribution is 2.52. The van der Waals surface area contributed by atoms with Crippen molar-refractivity contribution in [2.24, 2.45) is 0 Å². The molecule has 0 radical (unpaired) electrons. The smallest absolute Gasteiger partial charge is 0.136 e. The summed E-state index contributed by atoms with van der Waals surface area (Å²) in [6, 6.07) is 77.4. The summed E-state index contributed by atoms with van der Waals surface area (Å²) in [4.78, 5) is 2.39. The summed E-state index contributed by atoms with van der Waals surface area (Å²) in [6.45, 7) is 4.70. The van der Waals surface area contributed by atoms with E-state index >= 15 is 0 Å². The molecule has 2 heteroatoms. The van der Waals surface area contributed by atoms with Gasteiger partial charge in [-0.05, 0) is 126 Å². The Kier molecular flexibility index (Phi) is 7.92. The van der Waals surface area contributed by atoms with Crippen molar-refractivity contribution < 1.29 is 4.42 Å². The second-order valence-corrected chi connectivity index (χ2v) is 16.8. The molecule has 0 unspecified atom stereocenters. The maximum Gasteiger partial charge on any atom is 0.136 e. The van der Waals surface area contributed by atoms with Crippen molar-refractivity contribution in [3.8, 4) is 44.5 Å². The molecule has 0 amide bonds. The van der Waals surface area contributed by atoms with Crippen LogP contribution in [-0.4, -0.2) is 0 Å². The van der Waals surface area contributed by atoms with Crippen molar-refractivity contribution in [3.05, 3.63) is 223 Å². The second-order valence-electron chi connectivity index (χ2n) is 16.8. The molecule has 0 bridgehead atoms. The number of nitrogens with zero attached hydrogens (tertiary/aromatic N) is 1. The van der Waals surface area contributed by atoms with E-state index in [1.807, 2.05) is 12.1 Å². The molecular formula is C59H41NO. The molecule has 288 valence electrons. The Labute approximate surface area is 355 Å². The minimum Gasteiger partial charge on any atom is -0.456 e. The van der Waals surface area contributed by atoms with Gasteiger partial charge in [-0.2, -0.15) is 0 Å². The third-order valence-electron chi connectivity index (χ3n) is 13.1. The maximum atomic E-state index is 6.27. The van der Waals surface area contributed by atoms with Gasteiger partial charge in [0.05, 0.1) is 0 Å². The van der Waals surface area contributed by atoms with Crippen molar-refractivity contribution in [2.75, 3.05) is 4.90 Å². The Morgan fingerprint density at radius 1 is 0.361 bits per heavy atom. The van der Waals surface area contributed by atoms with E-state index in [4.69, 9.17) is 4.42 Å². The van der Waals surface area contributed by atoms with E-state index in [1.54, 1.807) is 0 Å². The molecule has 2 nitrogen and oxygen atoms in total. The molecular weight excluding hydrogens is 739 g/mol. The number of fused-ring (bicyclic) bond motifs is 9. The largest absolute Gasteiger partial charge is 0.456 e. The highest BCUT2D eigenvalue weighted by atomic mass is 16.3. The lowest BCUT2D eigenvalue weighted by atomic mass is 9.82. The zero-order chi connectivity index (χ0) is 40.7. The lowest BCUT2D eigenvalue weighted by Gasteiger charge is -2.27. The SMILES string of the molecule is CC1(C)c2ccccc2-c2c1ccc1cc(N(c3ccc(-c4cccc5cccc(-c6ccccc6)c45)cc3)c3ccc(-c4cccc5oc6ccccc6c45)cc3)ccc21. The van der Waals surface area contributed by atoms with Crippen LogP contribution in [-0.2, 0) is 5.41 Å². The Morgan fingerprint density at radius 3 is 1.64 bits per heavy atom. The first-order chi connectivity index (χ1) is 30.0. The van der Waals surface area contributed by atoms with E-state index in [0.29, 0.717) is 0 Å². The monoisotopic (exact) mass is 779 g/mol. The summed E-state index contributed by atoms with van der Waals surface area (Å²) in [5.74, 6) is 0. The van der Waals surface area contributed by atoms with Crippen LogP contribution in [0.5, 0.6) is 0 Å². The molecule has 0 saturated carbocycles. The van der Waals surface area contributed by atoms with Crippen LogP contribution in [0.1, 0.15) is 25.0 Å². The topological polar surface area (TPSA) is 16.4 Å². The minimum atomic E-state index is -0.0483. The summed E-state index contributed by atoms with van der Waals surface area (Å²) >= 11 is 0. The highest BCUT2D eigenvalue weighted by Gasteiger charge is 2.36. The van der Waals surface area contributed by atoms with E-state index in [-0.39, 0.29) is 5.41 Å². The normalized spacial score (nSPS) is 12.9. The first-order valence-electron chi connectivity index (χ1n) is 21.2. The number of hydrogen-bond donors (Lipinski definition) is 0. The van der Waals surface area contributed by atoms with E-state index in [2.05, 4.69) is 219 Å². The van der Waals surface area contributed by atoms with Crippen LogP contribution in [0.2, 0.25) is 0 Å². The van der Waals surface area contributed by atoms with Gasteiger partial charge in [0.1, 0.15) is 11.2 Å².